The van der Waals surface area contributed by atoms with Gasteiger partial charge in [0.2, 0.25) is 0 Å². The monoisotopic (exact) mass is 352 g/mol. The number of fused-ring (bicyclic) bond motifs is 3. The molecule has 0 bridgehead atoms. The van der Waals surface area contributed by atoms with Crippen molar-refractivity contribution in [1.82, 2.24) is 0 Å². The van der Waals surface area contributed by atoms with Crippen LogP contribution in [0, 0.1) is 17.3 Å². The molecule has 0 unspecified atom stereocenters. The van der Waals surface area contributed by atoms with Gasteiger partial charge in [-0.15, -0.1) is 0 Å². The molecular formula is C22H24O4. The molecule has 1 aromatic carbocycles. The zero-order valence-corrected chi connectivity index (χ0v) is 15.2. The van der Waals surface area contributed by atoms with Crippen LogP contribution >= 0.6 is 0 Å². The summed E-state index contributed by atoms with van der Waals surface area (Å²) in [5.74, 6) is -0.432. The summed E-state index contributed by atoms with van der Waals surface area (Å²) in [5, 5.41) is 0. The summed E-state index contributed by atoms with van der Waals surface area (Å²) < 4.78 is 11.7. The molecule has 5 atom stereocenters. The minimum Gasteiger partial charge on any atom is -0.458 e. The van der Waals surface area contributed by atoms with E-state index in [0.717, 1.165) is 12.8 Å². The van der Waals surface area contributed by atoms with Crippen molar-refractivity contribution < 1.29 is 19.1 Å². The van der Waals surface area contributed by atoms with Crippen LogP contribution in [0.25, 0.3) is 0 Å². The topological polar surface area (TPSA) is 52.6 Å². The first-order valence-electron chi connectivity index (χ1n) is 9.24. The fourth-order valence-corrected chi connectivity index (χ4v) is 5.05. The standard InChI is InChI=1S/C22H24O4/c1-13-9-10-17(25-21(24)15-7-5-4-6-8-15)22(3)12-11-16-14(2)20(23)26-19(16)18(13)22/h4-9,16-19H,2,10-12H2,1,3H3/t16-,17+,18+,19-,22-/m0/s1. The van der Waals surface area contributed by atoms with Gasteiger partial charge in [-0.1, -0.05) is 43.4 Å². The Morgan fingerprint density at radius 1 is 1.31 bits per heavy atom. The number of esters is 2. The van der Waals surface area contributed by atoms with Crippen molar-refractivity contribution in [1.29, 1.82) is 0 Å². The molecule has 1 aliphatic heterocycles. The van der Waals surface area contributed by atoms with Gasteiger partial charge in [0.1, 0.15) is 12.2 Å². The van der Waals surface area contributed by atoms with E-state index < -0.39 is 0 Å². The molecule has 0 amide bonds. The van der Waals surface area contributed by atoms with Gasteiger partial charge >= 0.3 is 11.9 Å². The predicted molar refractivity (Wildman–Crippen MR) is 97.4 cm³/mol. The van der Waals surface area contributed by atoms with Gasteiger partial charge in [-0.05, 0) is 31.9 Å². The lowest BCUT2D eigenvalue weighted by atomic mass is 9.55. The number of ether oxygens (including phenoxy) is 2. The van der Waals surface area contributed by atoms with E-state index in [-0.39, 0.29) is 41.4 Å². The first kappa shape index (κ1) is 17.1. The molecular weight excluding hydrogens is 328 g/mol. The Balaban J connectivity index is 1.62. The van der Waals surface area contributed by atoms with Crippen LogP contribution in [0.1, 0.15) is 43.5 Å². The lowest BCUT2D eigenvalue weighted by Crippen LogP contribution is -2.53. The van der Waals surface area contributed by atoms with E-state index in [9.17, 15) is 9.59 Å². The SMILES string of the molecule is C=C1C(=O)O[C@@H]2[C@H]3C(C)=CC[C@@H](OC(=O)c4ccccc4)[C@]3(C)CC[C@@H]12. The second kappa shape index (κ2) is 6.11. The van der Waals surface area contributed by atoms with Gasteiger partial charge < -0.3 is 9.47 Å². The van der Waals surface area contributed by atoms with Gasteiger partial charge in [0.15, 0.2) is 0 Å². The highest BCUT2D eigenvalue weighted by Gasteiger charge is 2.58. The highest BCUT2D eigenvalue weighted by atomic mass is 16.6. The van der Waals surface area contributed by atoms with Crippen LogP contribution < -0.4 is 0 Å². The molecule has 3 aliphatic rings. The lowest BCUT2D eigenvalue weighted by Gasteiger charge is -2.52. The number of hydrogen-bond donors (Lipinski definition) is 0. The fraction of sp³-hybridized carbons (Fsp3) is 0.455. The van der Waals surface area contributed by atoms with Crippen molar-refractivity contribution in [3.8, 4) is 0 Å². The maximum absolute atomic E-state index is 12.6. The number of benzene rings is 1. The quantitative estimate of drug-likeness (QED) is 0.457. The van der Waals surface area contributed by atoms with Crippen molar-refractivity contribution in [3.63, 3.8) is 0 Å². The molecule has 1 heterocycles. The number of hydrogen-bond acceptors (Lipinski definition) is 4. The molecule has 136 valence electrons. The van der Waals surface area contributed by atoms with E-state index in [4.69, 9.17) is 9.47 Å². The molecule has 2 fully saturated rings. The Kier molecular flexibility index (Phi) is 4.02. The fourth-order valence-electron chi connectivity index (χ4n) is 5.05. The van der Waals surface area contributed by atoms with Crippen molar-refractivity contribution in [2.24, 2.45) is 17.3 Å². The first-order chi connectivity index (χ1) is 12.4. The second-order valence-corrected chi connectivity index (χ2v) is 7.97. The molecule has 2 aliphatic carbocycles. The van der Waals surface area contributed by atoms with Crippen molar-refractivity contribution in [2.45, 2.75) is 45.3 Å². The van der Waals surface area contributed by atoms with E-state index in [0.29, 0.717) is 17.6 Å². The average Bonchev–Trinajstić information content (AvgIpc) is 2.92. The van der Waals surface area contributed by atoms with Gasteiger partial charge in [0, 0.05) is 29.2 Å². The summed E-state index contributed by atoms with van der Waals surface area (Å²) in [6.45, 7) is 8.19. The highest BCUT2D eigenvalue weighted by molar-refractivity contribution is 5.91. The Hall–Kier alpha value is -2.36. The largest absolute Gasteiger partial charge is 0.458 e. The first-order valence-corrected chi connectivity index (χ1v) is 9.24. The molecule has 1 saturated heterocycles. The minimum atomic E-state index is -0.293. The van der Waals surface area contributed by atoms with Gasteiger partial charge in [0.25, 0.3) is 0 Å². The van der Waals surface area contributed by atoms with Crippen molar-refractivity contribution >= 4 is 11.9 Å². The Morgan fingerprint density at radius 3 is 2.77 bits per heavy atom. The smallest absolute Gasteiger partial charge is 0.338 e. The van der Waals surface area contributed by atoms with Crippen LogP contribution in [-0.4, -0.2) is 24.1 Å². The third kappa shape index (κ3) is 2.51. The molecule has 0 N–H and O–H groups in total. The molecule has 1 aromatic rings. The predicted octanol–water partition coefficient (Wildman–Crippen LogP) is 4.08. The molecule has 0 spiro atoms. The molecule has 1 saturated carbocycles. The summed E-state index contributed by atoms with van der Waals surface area (Å²) in [5.41, 5.74) is 2.13. The summed E-state index contributed by atoms with van der Waals surface area (Å²) in [6, 6.07) is 9.09. The third-order valence-electron chi connectivity index (χ3n) is 6.52. The van der Waals surface area contributed by atoms with Crippen LogP contribution in [0.5, 0.6) is 0 Å². The van der Waals surface area contributed by atoms with Gasteiger partial charge in [0.05, 0.1) is 5.56 Å². The Labute approximate surface area is 153 Å². The Morgan fingerprint density at radius 2 is 2.04 bits per heavy atom. The number of carbonyl (C=O) groups excluding carboxylic acids is 2. The van der Waals surface area contributed by atoms with Crippen molar-refractivity contribution in [2.75, 3.05) is 0 Å². The van der Waals surface area contributed by atoms with E-state index in [1.54, 1.807) is 12.1 Å². The number of carbonyl (C=O) groups is 2. The normalized spacial score (nSPS) is 35.8. The average molecular weight is 352 g/mol. The van der Waals surface area contributed by atoms with Crippen LogP contribution in [0.4, 0.5) is 0 Å². The molecule has 4 heteroatoms. The summed E-state index contributed by atoms with van der Waals surface area (Å²) >= 11 is 0. The van der Waals surface area contributed by atoms with Crippen LogP contribution in [0.3, 0.4) is 0 Å². The van der Waals surface area contributed by atoms with E-state index >= 15 is 0 Å². The zero-order chi connectivity index (χ0) is 18.5. The summed E-state index contributed by atoms with van der Waals surface area (Å²) in [6.07, 6.45) is 4.14. The van der Waals surface area contributed by atoms with E-state index in [1.807, 2.05) is 18.2 Å². The third-order valence-corrected chi connectivity index (χ3v) is 6.52. The molecule has 4 rings (SSSR count). The van der Waals surface area contributed by atoms with Gasteiger partial charge in [-0.25, -0.2) is 9.59 Å². The summed E-state index contributed by atoms with van der Waals surface area (Å²) in [7, 11) is 0. The maximum atomic E-state index is 12.6. The summed E-state index contributed by atoms with van der Waals surface area (Å²) in [4.78, 5) is 24.6. The lowest BCUT2D eigenvalue weighted by molar-refractivity contribution is -0.149. The van der Waals surface area contributed by atoms with Gasteiger partial charge in [-0.2, -0.15) is 0 Å². The maximum Gasteiger partial charge on any atom is 0.338 e. The zero-order valence-electron chi connectivity index (χ0n) is 15.2. The molecule has 0 radical (unpaired) electrons. The molecule has 0 aromatic heterocycles. The van der Waals surface area contributed by atoms with E-state index in [1.165, 1.54) is 5.57 Å². The molecule has 26 heavy (non-hydrogen) atoms. The van der Waals surface area contributed by atoms with Crippen LogP contribution in [0.15, 0.2) is 54.1 Å². The minimum absolute atomic E-state index is 0.0618. The van der Waals surface area contributed by atoms with Gasteiger partial charge in [-0.3, -0.25) is 0 Å². The van der Waals surface area contributed by atoms with Crippen molar-refractivity contribution in [3.05, 3.63) is 59.7 Å². The van der Waals surface area contributed by atoms with E-state index in [2.05, 4.69) is 26.5 Å². The Bertz CT molecular complexity index is 794. The van der Waals surface area contributed by atoms with Crippen LogP contribution in [0.2, 0.25) is 0 Å². The van der Waals surface area contributed by atoms with Crippen LogP contribution in [-0.2, 0) is 14.3 Å². The number of rotatable bonds is 2. The highest BCUT2D eigenvalue weighted by Crippen LogP contribution is 2.56. The second-order valence-electron chi connectivity index (χ2n) is 7.97. The molecule has 4 nitrogen and oxygen atoms in total.